The molecule has 1 aliphatic carbocycles. The van der Waals surface area contributed by atoms with Crippen molar-refractivity contribution in [2.75, 3.05) is 12.0 Å². The number of methoxy groups -OCH3 is 1. The van der Waals surface area contributed by atoms with Crippen LogP contribution >= 0.6 is 0 Å². The first-order valence-corrected chi connectivity index (χ1v) is 13.5. The van der Waals surface area contributed by atoms with Gasteiger partial charge in [-0.2, -0.15) is 0 Å². The van der Waals surface area contributed by atoms with E-state index in [9.17, 15) is 24.5 Å². The van der Waals surface area contributed by atoms with Crippen LogP contribution in [-0.2, 0) is 14.4 Å². The van der Waals surface area contributed by atoms with Crippen molar-refractivity contribution in [1.29, 1.82) is 0 Å². The summed E-state index contributed by atoms with van der Waals surface area (Å²) in [6.45, 7) is 1.68. The normalized spacial score (nSPS) is 22.7. The van der Waals surface area contributed by atoms with Crippen LogP contribution in [0.25, 0.3) is 16.3 Å². The topological polar surface area (TPSA) is 116 Å². The molecule has 0 unspecified atom stereocenters. The van der Waals surface area contributed by atoms with Gasteiger partial charge in [-0.25, -0.2) is 4.90 Å². The first-order chi connectivity index (χ1) is 20.3. The molecular formula is C33H24N2O7. The molecule has 0 radical (unpaired) electrons. The largest absolute Gasteiger partial charge is 0.497 e. The average molecular weight is 561 g/mol. The summed E-state index contributed by atoms with van der Waals surface area (Å²) in [6, 6.07) is 22.7. The van der Waals surface area contributed by atoms with E-state index in [2.05, 4.69) is 0 Å². The summed E-state index contributed by atoms with van der Waals surface area (Å²) in [5.41, 5.74) is 2.56. The van der Waals surface area contributed by atoms with Crippen molar-refractivity contribution in [3.8, 4) is 11.5 Å². The number of imide groups is 1. The van der Waals surface area contributed by atoms with Crippen LogP contribution < -0.4 is 14.4 Å². The molecular weight excluding hydrogens is 536 g/mol. The van der Waals surface area contributed by atoms with Gasteiger partial charge in [0.25, 0.3) is 5.69 Å². The van der Waals surface area contributed by atoms with Gasteiger partial charge >= 0.3 is 5.97 Å². The van der Waals surface area contributed by atoms with Gasteiger partial charge in [0.1, 0.15) is 11.5 Å². The highest BCUT2D eigenvalue weighted by atomic mass is 16.6. The van der Waals surface area contributed by atoms with Crippen LogP contribution in [0.15, 0.2) is 84.9 Å². The molecule has 42 heavy (non-hydrogen) atoms. The van der Waals surface area contributed by atoms with E-state index in [0.29, 0.717) is 22.6 Å². The van der Waals surface area contributed by atoms with Crippen molar-refractivity contribution in [3.63, 3.8) is 0 Å². The molecule has 0 bridgehead atoms. The first kappa shape index (κ1) is 25.6. The predicted molar refractivity (Wildman–Crippen MR) is 154 cm³/mol. The lowest BCUT2D eigenvalue weighted by atomic mass is 9.64. The second kappa shape index (κ2) is 9.37. The maximum absolute atomic E-state index is 14.3. The Morgan fingerprint density at radius 2 is 1.64 bits per heavy atom. The minimum Gasteiger partial charge on any atom is -0.497 e. The molecule has 4 aromatic rings. The summed E-state index contributed by atoms with van der Waals surface area (Å²) in [4.78, 5) is 54.3. The lowest BCUT2D eigenvalue weighted by molar-refractivity contribution is -0.384. The second-order valence-corrected chi connectivity index (χ2v) is 10.8. The molecule has 0 aromatic heterocycles. The molecule has 7 rings (SSSR count). The number of hydrogen-bond donors (Lipinski definition) is 0. The number of anilines is 1. The van der Waals surface area contributed by atoms with Crippen molar-refractivity contribution >= 4 is 45.5 Å². The number of rotatable bonds is 4. The Hall–Kier alpha value is -5.31. The lowest BCUT2D eigenvalue weighted by Crippen LogP contribution is -2.42. The van der Waals surface area contributed by atoms with Gasteiger partial charge in [-0.3, -0.25) is 24.5 Å². The molecule has 9 nitrogen and oxygen atoms in total. The predicted octanol–water partition coefficient (Wildman–Crippen LogP) is 5.59. The molecule has 1 fully saturated rings. The summed E-state index contributed by atoms with van der Waals surface area (Å²) in [7, 11) is 1.56. The summed E-state index contributed by atoms with van der Waals surface area (Å²) in [6.07, 6.45) is 1.92. The standard InChI is InChI=1S/C33H24N2O7/c1-17-7-11-20(35(39)40)15-25(17)34-31(36)28-23(19-8-12-21(41-2)13-9-19)16-24-27-22-6-4-3-5-18(22)10-14-26(27)42-33(38)29(24)30(28)32(34)37/h3-16,23,28-30H,1-2H3/t23-,28-,29-,30+/m0/s1. The number of nitro benzene ring substituents is 1. The van der Waals surface area contributed by atoms with Gasteiger partial charge in [-0.15, -0.1) is 0 Å². The van der Waals surface area contributed by atoms with Crippen LogP contribution in [0, 0.1) is 34.8 Å². The van der Waals surface area contributed by atoms with Gasteiger partial charge in [0, 0.05) is 23.6 Å². The van der Waals surface area contributed by atoms with Crippen molar-refractivity contribution in [1.82, 2.24) is 0 Å². The van der Waals surface area contributed by atoms with Gasteiger partial charge in [0.05, 0.1) is 35.5 Å². The molecule has 2 aliphatic heterocycles. The number of amides is 2. The Bertz CT molecular complexity index is 1880. The van der Waals surface area contributed by atoms with E-state index in [1.54, 1.807) is 32.2 Å². The number of nitrogens with zero attached hydrogens (tertiary/aromatic N) is 2. The SMILES string of the molecule is COc1ccc([C@@H]2C=C3c4c(ccc5ccccc45)OC(=O)[C@@H]3[C@@H]3C(=O)N(c4cc([N+](=O)[O-])ccc4C)C(=O)[C@H]32)cc1. The Morgan fingerprint density at radius 3 is 2.38 bits per heavy atom. The van der Waals surface area contributed by atoms with E-state index in [1.165, 1.54) is 18.2 Å². The fourth-order valence-electron chi connectivity index (χ4n) is 6.67. The Morgan fingerprint density at radius 1 is 0.905 bits per heavy atom. The molecule has 0 N–H and O–H groups in total. The molecule has 2 amide bonds. The summed E-state index contributed by atoms with van der Waals surface area (Å²) < 4.78 is 11.2. The third-order valence-corrected chi connectivity index (χ3v) is 8.63. The third-order valence-electron chi connectivity index (χ3n) is 8.63. The van der Waals surface area contributed by atoms with E-state index in [-0.39, 0.29) is 11.4 Å². The number of aryl methyl sites for hydroxylation is 1. The number of carbonyl (C=O) groups excluding carboxylic acids is 3. The molecule has 3 aliphatic rings. The van der Waals surface area contributed by atoms with E-state index >= 15 is 0 Å². The smallest absolute Gasteiger partial charge is 0.319 e. The van der Waals surface area contributed by atoms with Crippen LogP contribution in [-0.4, -0.2) is 29.8 Å². The summed E-state index contributed by atoms with van der Waals surface area (Å²) in [5.74, 6) is -4.25. The zero-order chi connectivity index (χ0) is 29.3. The number of hydrogen-bond acceptors (Lipinski definition) is 7. The van der Waals surface area contributed by atoms with Gasteiger partial charge in [0.15, 0.2) is 0 Å². The molecule has 0 saturated carbocycles. The Balaban J connectivity index is 1.46. The number of benzene rings is 4. The maximum atomic E-state index is 14.3. The number of non-ortho nitro benzene ring substituents is 1. The van der Waals surface area contributed by atoms with Crippen LogP contribution in [0.5, 0.6) is 11.5 Å². The Labute approximate surface area is 240 Å². The van der Waals surface area contributed by atoms with Crippen LogP contribution in [0.2, 0.25) is 0 Å². The van der Waals surface area contributed by atoms with Gasteiger partial charge < -0.3 is 9.47 Å². The number of nitro groups is 1. The van der Waals surface area contributed by atoms with Crippen LogP contribution in [0.1, 0.15) is 22.6 Å². The number of ether oxygens (including phenoxy) is 2. The molecule has 1 saturated heterocycles. The van der Waals surface area contributed by atoms with Gasteiger partial charge in [-0.05, 0) is 52.6 Å². The van der Waals surface area contributed by atoms with Crippen molar-refractivity contribution in [2.24, 2.45) is 17.8 Å². The lowest BCUT2D eigenvalue weighted by Gasteiger charge is -2.38. The highest BCUT2D eigenvalue weighted by Gasteiger charge is 2.60. The Kier molecular flexibility index (Phi) is 5.72. The molecule has 4 aromatic carbocycles. The van der Waals surface area contributed by atoms with Gasteiger partial charge in [0.2, 0.25) is 11.8 Å². The summed E-state index contributed by atoms with van der Waals surface area (Å²) in [5, 5.41) is 13.4. The number of allylic oxidation sites excluding steroid dienone is 1. The number of esters is 1. The number of fused-ring (bicyclic) bond motifs is 7. The van der Waals surface area contributed by atoms with E-state index in [0.717, 1.165) is 26.8 Å². The van der Waals surface area contributed by atoms with E-state index in [1.807, 2.05) is 48.5 Å². The molecule has 4 atom stereocenters. The van der Waals surface area contributed by atoms with Crippen LogP contribution in [0.3, 0.4) is 0 Å². The maximum Gasteiger partial charge on any atom is 0.319 e. The molecule has 2 heterocycles. The monoisotopic (exact) mass is 560 g/mol. The third kappa shape index (κ3) is 3.66. The zero-order valence-corrected chi connectivity index (χ0v) is 22.6. The van der Waals surface area contributed by atoms with Crippen molar-refractivity contribution in [3.05, 3.63) is 112 Å². The zero-order valence-electron chi connectivity index (χ0n) is 22.6. The second-order valence-electron chi connectivity index (χ2n) is 10.8. The average Bonchev–Trinajstić information content (AvgIpc) is 3.26. The minimum absolute atomic E-state index is 0.138. The molecule has 208 valence electrons. The van der Waals surface area contributed by atoms with Crippen molar-refractivity contribution in [2.45, 2.75) is 12.8 Å². The fourth-order valence-corrected chi connectivity index (χ4v) is 6.67. The highest BCUT2D eigenvalue weighted by molar-refractivity contribution is 6.25. The van der Waals surface area contributed by atoms with Gasteiger partial charge in [-0.1, -0.05) is 54.6 Å². The highest BCUT2D eigenvalue weighted by Crippen LogP contribution is 2.56. The van der Waals surface area contributed by atoms with E-state index in [4.69, 9.17) is 9.47 Å². The van der Waals surface area contributed by atoms with Crippen molar-refractivity contribution < 1.29 is 28.8 Å². The summed E-state index contributed by atoms with van der Waals surface area (Å²) >= 11 is 0. The number of carbonyl (C=O) groups is 3. The first-order valence-electron chi connectivity index (χ1n) is 13.5. The molecule has 9 heteroatoms. The van der Waals surface area contributed by atoms with Crippen LogP contribution in [0.4, 0.5) is 11.4 Å². The quantitative estimate of drug-likeness (QED) is 0.105. The molecule has 0 spiro atoms. The van der Waals surface area contributed by atoms with E-state index < -0.39 is 46.4 Å². The minimum atomic E-state index is -1.07. The fraction of sp³-hybridized carbons (Fsp3) is 0.182.